The summed E-state index contributed by atoms with van der Waals surface area (Å²) in [6.07, 6.45) is 2.20. The fourth-order valence-corrected chi connectivity index (χ4v) is 1.16. The molecule has 77 valence electrons. The number of unbranched alkanes of at least 4 members (excludes halogenated alkanes) is 1. The normalized spacial score (nSPS) is 9.93. The van der Waals surface area contributed by atoms with Crippen LogP contribution in [0.1, 0.15) is 25.3 Å². The molecule has 0 unspecified atom stereocenters. The summed E-state index contributed by atoms with van der Waals surface area (Å²) in [7, 11) is 1.64. The van der Waals surface area contributed by atoms with E-state index >= 15 is 0 Å². The Morgan fingerprint density at radius 3 is 2.71 bits per heavy atom. The zero-order chi connectivity index (χ0) is 10.4. The quantitative estimate of drug-likeness (QED) is 0.669. The monoisotopic (exact) mass is 193 g/mol. The first-order valence-electron chi connectivity index (χ1n) is 4.90. The van der Waals surface area contributed by atoms with Crippen LogP contribution in [-0.4, -0.2) is 13.7 Å². The standard InChI is InChI=1S/C12H17O2/c1-4-5-8-14-11-7-6-10(2)9-12(11)13-3/h6-7,9H,2,4-5,8H2,1,3H3. The van der Waals surface area contributed by atoms with E-state index < -0.39 is 0 Å². The van der Waals surface area contributed by atoms with Gasteiger partial charge >= 0.3 is 0 Å². The van der Waals surface area contributed by atoms with Crippen LogP contribution in [-0.2, 0) is 0 Å². The number of ether oxygens (including phenoxy) is 2. The lowest BCUT2D eigenvalue weighted by Crippen LogP contribution is -1.98. The third-order valence-electron chi connectivity index (χ3n) is 1.98. The van der Waals surface area contributed by atoms with E-state index in [0.29, 0.717) is 0 Å². The Morgan fingerprint density at radius 1 is 1.29 bits per heavy atom. The van der Waals surface area contributed by atoms with Crippen LogP contribution < -0.4 is 9.47 Å². The Balaban J connectivity index is 2.65. The lowest BCUT2D eigenvalue weighted by molar-refractivity contribution is 0.288. The zero-order valence-corrected chi connectivity index (χ0v) is 8.88. The minimum atomic E-state index is 0.739. The number of rotatable bonds is 5. The molecule has 0 aromatic heterocycles. The van der Waals surface area contributed by atoms with Crippen LogP contribution in [0.15, 0.2) is 18.2 Å². The van der Waals surface area contributed by atoms with Crippen molar-refractivity contribution in [1.82, 2.24) is 0 Å². The molecule has 0 N–H and O–H groups in total. The van der Waals surface area contributed by atoms with Gasteiger partial charge in [-0.1, -0.05) is 19.4 Å². The summed E-state index contributed by atoms with van der Waals surface area (Å²) in [5.74, 6) is 1.56. The van der Waals surface area contributed by atoms with Crippen molar-refractivity contribution in [3.63, 3.8) is 0 Å². The van der Waals surface area contributed by atoms with Gasteiger partial charge in [0, 0.05) is 0 Å². The molecule has 2 heteroatoms. The topological polar surface area (TPSA) is 18.5 Å². The molecule has 0 fully saturated rings. The molecule has 1 radical (unpaired) electrons. The number of methoxy groups -OCH3 is 1. The summed E-state index contributed by atoms with van der Waals surface area (Å²) in [4.78, 5) is 0. The van der Waals surface area contributed by atoms with Gasteiger partial charge in [-0.15, -0.1) is 0 Å². The largest absolute Gasteiger partial charge is 0.493 e. The first kappa shape index (κ1) is 10.9. The second kappa shape index (κ2) is 5.53. The molecule has 0 saturated carbocycles. The zero-order valence-electron chi connectivity index (χ0n) is 8.88. The van der Waals surface area contributed by atoms with Crippen LogP contribution in [0.25, 0.3) is 0 Å². The molecule has 0 bridgehead atoms. The molecule has 1 rings (SSSR count). The molecule has 0 spiro atoms. The molecule has 1 aromatic carbocycles. The molecule has 1 aromatic rings. The molecule has 0 saturated heterocycles. The van der Waals surface area contributed by atoms with Gasteiger partial charge in [-0.05, 0) is 31.0 Å². The highest BCUT2D eigenvalue weighted by atomic mass is 16.5. The maximum Gasteiger partial charge on any atom is 0.161 e. The van der Waals surface area contributed by atoms with Crippen molar-refractivity contribution in [2.24, 2.45) is 0 Å². The van der Waals surface area contributed by atoms with Gasteiger partial charge in [0.2, 0.25) is 0 Å². The summed E-state index contributed by atoms with van der Waals surface area (Å²) in [5, 5.41) is 0. The van der Waals surface area contributed by atoms with Crippen LogP contribution in [0.3, 0.4) is 0 Å². The predicted octanol–water partition coefficient (Wildman–Crippen LogP) is 3.06. The lowest BCUT2D eigenvalue weighted by atomic mass is 10.2. The Bertz CT molecular complexity index is 282. The Hall–Kier alpha value is -1.18. The first-order valence-corrected chi connectivity index (χ1v) is 4.90. The van der Waals surface area contributed by atoms with Crippen molar-refractivity contribution in [1.29, 1.82) is 0 Å². The van der Waals surface area contributed by atoms with E-state index in [2.05, 4.69) is 13.8 Å². The van der Waals surface area contributed by atoms with Crippen LogP contribution in [0.5, 0.6) is 11.5 Å². The van der Waals surface area contributed by atoms with Crippen molar-refractivity contribution in [2.45, 2.75) is 19.8 Å². The van der Waals surface area contributed by atoms with Crippen molar-refractivity contribution in [3.8, 4) is 11.5 Å². The number of benzene rings is 1. The van der Waals surface area contributed by atoms with Crippen molar-refractivity contribution in [2.75, 3.05) is 13.7 Å². The van der Waals surface area contributed by atoms with Gasteiger partial charge in [0.25, 0.3) is 0 Å². The van der Waals surface area contributed by atoms with E-state index in [4.69, 9.17) is 9.47 Å². The lowest BCUT2D eigenvalue weighted by Gasteiger charge is -2.10. The second-order valence-corrected chi connectivity index (χ2v) is 3.19. The van der Waals surface area contributed by atoms with Gasteiger partial charge in [0.05, 0.1) is 13.7 Å². The van der Waals surface area contributed by atoms with E-state index in [0.717, 1.165) is 36.5 Å². The molecular formula is C12H17O2. The van der Waals surface area contributed by atoms with E-state index in [1.165, 1.54) is 0 Å². The van der Waals surface area contributed by atoms with Gasteiger partial charge in [0.1, 0.15) is 0 Å². The fraction of sp³-hybridized carbons (Fsp3) is 0.417. The molecular weight excluding hydrogens is 176 g/mol. The minimum Gasteiger partial charge on any atom is -0.493 e. The Labute approximate surface area is 85.8 Å². The van der Waals surface area contributed by atoms with Crippen LogP contribution >= 0.6 is 0 Å². The predicted molar refractivity (Wildman–Crippen MR) is 57.9 cm³/mol. The first-order chi connectivity index (χ1) is 6.77. The van der Waals surface area contributed by atoms with E-state index in [1.54, 1.807) is 7.11 Å². The van der Waals surface area contributed by atoms with Crippen molar-refractivity contribution in [3.05, 3.63) is 30.7 Å². The summed E-state index contributed by atoms with van der Waals surface area (Å²) < 4.78 is 10.8. The average molecular weight is 193 g/mol. The number of hydrogen-bond donors (Lipinski definition) is 0. The maximum absolute atomic E-state index is 5.57. The van der Waals surface area contributed by atoms with Gasteiger partial charge in [-0.25, -0.2) is 0 Å². The SMILES string of the molecule is [CH2]c1ccc(OCCCC)c(OC)c1. The van der Waals surface area contributed by atoms with Crippen LogP contribution in [0.2, 0.25) is 0 Å². The number of hydrogen-bond acceptors (Lipinski definition) is 2. The Morgan fingerprint density at radius 2 is 2.07 bits per heavy atom. The third kappa shape index (κ3) is 2.95. The van der Waals surface area contributed by atoms with E-state index in [9.17, 15) is 0 Å². The molecule has 0 atom stereocenters. The van der Waals surface area contributed by atoms with Crippen LogP contribution in [0, 0.1) is 6.92 Å². The second-order valence-electron chi connectivity index (χ2n) is 3.19. The summed E-state index contributed by atoms with van der Waals surface area (Å²) in [5.41, 5.74) is 0.935. The molecule has 0 aliphatic heterocycles. The molecule has 0 aliphatic rings. The molecule has 0 heterocycles. The summed E-state index contributed by atoms with van der Waals surface area (Å²) >= 11 is 0. The summed E-state index contributed by atoms with van der Waals surface area (Å²) in [6.45, 7) is 6.71. The molecule has 14 heavy (non-hydrogen) atoms. The van der Waals surface area contributed by atoms with Gasteiger partial charge in [-0.3, -0.25) is 0 Å². The van der Waals surface area contributed by atoms with Crippen molar-refractivity contribution >= 4 is 0 Å². The fourth-order valence-electron chi connectivity index (χ4n) is 1.16. The summed E-state index contributed by atoms with van der Waals surface area (Å²) in [6, 6.07) is 5.70. The molecule has 2 nitrogen and oxygen atoms in total. The van der Waals surface area contributed by atoms with Gasteiger partial charge in [-0.2, -0.15) is 0 Å². The van der Waals surface area contributed by atoms with E-state index in [-0.39, 0.29) is 0 Å². The smallest absolute Gasteiger partial charge is 0.161 e. The van der Waals surface area contributed by atoms with Crippen molar-refractivity contribution < 1.29 is 9.47 Å². The van der Waals surface area contributed by atoms with Crippen LogP contribution in [0.4, 0.5) is 0 Å². The molecule has 0 aliphatic carbocycles. The highest BCUT2D eigenvalue weighted by Crippen LogP contribution is 2.27. The highest BCUT2D eigenvalue weighted by Gasteiger charge is 2.03. The maximum atomic E-state index is 5.57. The van der Waals surface area contributed by atoms with Gasteiger partial charge < -0.3 is 9.47 Å². The van der Waals surface area contributed by atoms with E-state index in [1.807, 2.05) is 18.2 Å². The van der Waals surface area contributed by atoms with Gasteiger partial charge in [0.15, 0.2) is 11.5 Å². The third-order valence-corrected chi connectivity index (χ3v) is 1.98. The average Bonchev–Trinajstić information content (AvgIpc) is 2.20. The Kier molecular flexibility index (Phi) is 4.30. The minimum absolute atomic E-state index is 0.739. The molecule has 0 amide bonds. The highest BCUT2D eigenvalue weighted by molar-refractivity contribution is 5.43.